The second-order valence-corrected chi connectivity index (χ2v) is 7.22. The molecule has 0 fully saturated rings. The maximum atomic E-state index is 12.2. The number of thiophene rings is 1. The molecule has 0 atom stereocenters. The van der Waals surface area contributed by atoms with Crippen LogP contribution >= 0.6 is 11.3 Å². The summed E-state index contributed by atoms with van der Waals surface area (Å²) < 4.78 is 5.55. The minimum Gasteiger partial charge on any atom is -0.483 e. The number of rotatable bonds is 4. The lowest BCUT2D eigenvalue weighted by Crippen LogP contribution is -2.33. The highest BCUT2D eigenvalue weighted by Crippen LogP contribution is 2.36. The normalized spacial score (nSPS) is 12.9. The van der Waals surface area contributed by atoms with Crippen LogP contribution in [0.3, 0.4) is 0 Å². The number of aryl methyl sites for hydroxylation is 1. The molecule has 2 heterocycles. The predicted molar refractivity (Wildman–Crippen MR) is 99.1 cm³/mol. The van der Waals surface area contributed by atoms with Crippen LogP contribution in [0.5, 0.6) is 5.75 Å². The zero-order valence-corrected chi connectivity index (χ0v) is 15.5. The molecule has 3 rings (SSSR count). The van der Waals surface area contributed by atoms with E-state index in [0.717, 1.165) is 16.0 Å². The van der Waals surface area contributed by atoms with Gasteiger partial charge < -0.3 is 15.0 Å². The minimum atomic E-state index is -0.313. The number of nitrogens with zero attached hydrogens (tertiary/aromatic N) is 2. The predicted octanol–water partition coefficient (Wildman–Crippen LogP) is 2.85. The lowest BCUT2D eigenvalue weighted by Gasteiger charge is -2.25. The monoisotopic (exact) mass is 369 g/mol. The average Bonchev–Trinajstić information content (AvgIpc) is 2.96. The number of nitrogens with one attached hydrogen (secondary N) is 1. The molecule has 1 aromatic carbocycles. The van der Waals surface area contributed by atoms with E-state index in [0.29, 0.717) is 35.8 Å². The van der Waals surface area contributed by atoms with Crippen molar-refractivity contribution in [2.75, 3.05) is 18.5 Å². The molecule has 1 aromatic heterocycles. The molecule has 0 spiro atoms. The number of hydrogen-bond donors (Lipinski definition) is 1. The summed E-state index contributed by atoms with van der Waals surface area (Å²) in [5.41, 5.74) is 2.39. The molecule has 26 heavy (non-hydrogen) atoms. The first-order chi connectivity index (χ1) is 12.5. The number of carbonyl (C=O) groups excluding carboxylic acids is 2. The van der Waals surface area contributed by atoms with Gasteiger partial charge in [0.1, 0.15) is 16.8 Å². The van der Waals surface area contributed by atoms with Crippen LogP contribution in [-0.2, 0) is 22.6 Å². The summed E-state index contributed by atoms with van der Waals surface area (Å²) in [6.07, 6.45) is 0.629. The number of benzene rings is 1. The molecule has 0 saturated heterocycles. The van der Waals surface area contributed by atoms with Gasteiger partial charge in [0.15, 0.2) is 6.61 Å². The summed E-state index contributed by atoms with van der Waals surface area (Å²) in [7, 11) is 0. The van der Waals surface area contributed by atoms with Crippen LogP contribution in [0.15, 0.2) is 24.3 Å². The van der Waals surface area contributed by atoms with Crippen molar-refractivity contribution >= 4 is 28.2 Å². The first-order valence-electron chi connectivity index (χ1n) is 8.28. The van der Waals surface area contributed by atoms with Gasteiger partial charge in [-0.15, -0.1) is 11.3 Å². The summed E-state index contributed by atoms with van der Waals surface area (Å²) in [4.78, 5) is 26.5. The highest BCUT2D eigenvalue weighted by atomic mass is 32.1. The Hall–Kier alpha value is -2.85. The Kier molecular flexibility index (Phi) is 5.24. The van der Waals surface area contributed by atoms with Crippen molar-refractivity contribution in [1.29, 1.82) is 5.26 Å². The maximum absolute atomic E-state index is 12.2. The molecule has 0 saturated carbocycles. The fourth-order valence-electron chi connectivity index (χ4n) is 2.90. The van der Waals surface area contributed by atoms with E-state index < -0.39 is 0 Å². The fourth-order valence-corrected chi connectivity index (χ4v) is 4.13. The van der Waals surface area contributed by atoms with Crippen molar-refractivity contribution in [1.82, 2.24) is 4.90 Å². The molecule has 134 valence electrons. The highest BCUT2D eigenvalue weighted by molar-refractivity contribution is 7.16. The zero-order chi connectivity index (χ0) is 18.7. The van der Waals surface area contributed by atoms with Gasteiger partial charge in [0.25, 0.3) is 5.91 Å². The van der Waals surface area contributed by atoms with Crippen molar-refractivity contribution in [3.8, 4) is 11.8 Å². The van der Waals surface area contributed by atoms with Gasteiger partial charge in [0.05, 0.1) is 12.1 Å². The number of fused-ring (bicyclic) bond motifs is 1. The van der Waals surface area contributed by atoms with E-state index in [1.807, 2.05) is 31.2 Å². The topological polar surface area (TPSA) is 82.4 Å². The molecule has 1 N–H and O–H groups in total. The van der Waals surface area contributed by atoms with Crippen LogP contribution in [0.25, 0.3) is 0 Å². The smallest absolute Gasteiger partial charge is 0.262 e. The Morgan fingerprint density at radius 3 is 2.85 bits per heavy atom. The van der Waals surface area contributed by atoms with Crippen molar-refractivity contribution in [3.63, 3.8) is 0 Å². The van der Waals surface area contributed by atoms with Crippen LogP contribution in [0.1, 0.15) is 28.5 Å². The number of para-hydroxylation sites is 1. The Labute approximate surface area is 156 Å². The quantitative estimate of drug-likeness (QED) is 0.898. The number of hydrogen-bond acceptors (Lipinski definition) is 5. The molecular weight excluding hydrogens is 350 g/mol. The maximum Gasteiger partial charge on any atom is 0.262 e. The van der Waals surface area contributed by atoms with Gasteiger partial charge in [0, 0.05) is 18.3 Å². The van der Waals surface area contributed by atoms with Crippen LogP contribution in [0.4, 0.5) is 5.00 Å². The van der Waals surface area contributed by atoms with E-state index >= 15 is 0 Å². The Morgan fingerprint density at radius 1 is 1.38 bits per heavy atom. The van der Waals surface area contributed by atoms with E-state index in [2.05, 4.69) is 11.4 Å². The standard InChI is InChI=1S/C19H19N3O3S/c1-12-5-3-4-6-16(12)25-11-18(24)21-19-15(9-20)14-7-8-22(13(2)23)10-17(14)26-19/h3-6H,7-8,10-11H2,1-2H3,(H,21,24). The van der Waals surface area contributed by atoms with Crippen molar-refractivity contribution < 1.29 is 14.3 Å². The van der Waals surface area contributed by atoms with Gasteiger partial charge in [-0.05, 0) is 30.5 Å². The van der Waals surface area contributed by atoms with Gasteiger partial charge in [-0.1, -0.05) is 18.2 Å². The molecule has 1 aliphatic rings. The second-order valence-electron chi connectivity index (χ2n) is 6.11. The van der Waals surface area contributed by atoms with Crippen LogP contribution in [0, 0.1) is 18.3 Å². The van der Waals surface area contributed by atoms with E-state index in [4.69, 9.17) is 4.74 Å². The Balaban J connectivity index is 1.70. The molecule has 2 amide bonds. The van der Waals surface area contributed by atoms with Gasteiger partial charge in [-0.3, -0.25) is 9.59 Å². The van der Waals surface area contributed by atoms with Crippen molar-refractivity contribution in [2.45, 2.75) is 26.8 Å². The minimum absolute atomic E-state index is 0.0137. The zero-order valence-electron chi connectivity index (χ0n) is 14.7. The van der Waals surface area contributed by atoms with Crippen LogP contribution in [-0.4, -0.2) is 29.9 Å². The van der Waals surface area contributed by atoms with E-state index in [1.165, 1.54) is 18.3 Å². The molecular formula is C19H19N3O3S. The summed E-state index contributed by atoms with van der Waals surface area (Å²) >= 11 is 1.36. The summed E-state index contributed by atoms with van der Waals surface area (Å²) in [6.45, 7) is 4.40. The molecule has 1 aliphatic heterocycles. The largest absolute Gasteiger partial charge is 0.483 e. The first kappa shape index (κ1) is 18.0. The number of anilines is 1. The lowest BCUT2D eigenvalue weighted by molar-refractivity contribution is -0.129. The van der Waals surface area contributed by atoms with Crippen molar-refractivity contribution in [2.24, 2.45) is 0 Å². The van der Waals surface area contributed by atoms with E-state index in [-0.39, 0.29) is 18.4 Å². The lowest BCUT2D eigenvalue weighted by atomic mass is 10.0. The molecule has 6 nitrogen and oxygen atoms in total. The first-order valence-corrected chi connectivity index (χ1v) is 9.09. The number of ether oxygens (including phenoxy) is 1. The van der Waals surface area contributed by atoms with Gasteiger partial charge in [-0.2, -0.15) is 5.26 Å². The van der Waals surface area contributed by atoms with Crippen molar-refractivity contribution in [3.05, 3.63) is 45.8 Å². The average molecular weight is 369 g/mol. The molecule has 0 bridgehead atoms. The van der Waals surface area contributed by atoms with Crippen LogP contribution in [0.2, 0.25) is 0 Å². The highest BCUT2D eigenvalue weighted by Gasteiger charge is 2.26. The van der Waals surface area contributed by atoms with Gasteiger partial charge >= 0.3 is 0 Å². The molecule has 0 aliphatic carbocycles. The van der Waals surface area contributed by atoms with Gasteiger partial charge in [0.2, 0.25) is 5.91 Å². The fraction of sp³-hybridized carbons (Fsp3) is 0.316. The number of nitriles is 1. The van der Waals surface area contributed by atoms with E-state index in [9.17, 15) is 14.9 Å². The third kappa shape index (κ3) is 3.70. The van der Waals surface area contributed by atoms with Gasteiger partial charge in [-0.25, -0.2) is 0 Å². The summed E-state index contributed by atoms with van der Waals surface area (Å²) in [5, 5.41) is 12.8. The summed E-state index contributed by atoms with van der Waals surface area (Å²) in [5.74, 6) is 0.359. The third-order valence-corrected chi connectivity index (χ3v) is 5.45. The van der Waals surface area contributed by atoms with Crippen LogP contribution < -0.4 is 10.1 Å². The third-order valence-electron chi connectivity index (χ3n) is 4.32. The molecule has 0 unspecified atom stereocenters. The number of amides is 2. The Bertz CT molecular complexity index is 898. The SMILES string of the molecule is CC(=O)N1CCc2c(sc(NC(=O)COc3ccccc3C)c2C#N)C1. The number of carbonyl (C=O) groups is 2. The Morgan fingerprint density at radius 2 is 2.15 bits per heavy atom. The van der Waals surface area contributed by atoms with E-state index in [1.54, 1.807) is 4.90 Å². The molecule has 0 radical (unpaired) electrons. The molecule has 2 aromatic rings. The second kappa shape index (κ2) is 7.58. The molecule has 7 heteroatoms. The summed E-state index contributed by atoms with van der Waals surface area (Å²) in [6, 6.07) is 9.66.